The molecule has 0 fully saturated rings. The number of oxazole rings is 1. The first kappa shape index (κ1) is 21.7. The molecule has 0 aliphatic heterocycles. The highest BCUT2D eigenvalue weighted by molar-refractivity contribution is 5.77. The molecule has 5 nitrogen and oxygen atoms in total. The summed E-state index contributed by atoms with van der Waals surface area (Å²) in [7, 11) is 0. The lowest BCUT2D eigenvalue weighted by Crippen LogP contribution is -2.03. The molecule has 0 saturated heterocycles. The van der Waals surface area contributed by atoms with Gasteiger partial charge < -0.3 is 4.42 Å². The molecule has 34 heavy (non-hydrogen) atoms. The van der Waals surface area contributed by atoms with Crippen LogP contribution in [0.4, 0.5) is 0 Å². The van der Waals surface area contributed by atoms with Gasteiger partial charge in [-0.2, -0.15) is 0 Å². The standard InChI is InChI=1S/C29H25NO4/c1-20(31)33-34-25-16-8-14-23(18-25)26-17-9-15-24(26)19-27-30-28(21-10-4-2-5-11-21)29(32-27)22-12-6-3-7-13-22/h2-8,10-14,16,18H,9,15,17,19H2,1H3. The van der Waals surface area contributed by atoms with Crippen molar-refractivity contribution in [1.82, 2.24) is 4.98 Å². The lowest BCUT2D eigenvalue weighted by Gasteiger charge is -2.09. The second-order valence-corrected chi connectivity index (χ2v) is 8.32. The van der Waals surface area contributed by atoms with Crippen molar-refractivity contribution in [2.45, 2.75) is 32.6 Å². The molecule has 1 heterocycles. The topological polar surface area (TPSA) is 61.6 Å². The van der Waals surface area contributed by atoms with Crippen LogP contribution in [0.15, 0.2) is 94.9 Å². The van der Waals surface area contributed by atoms with E-state index in [1.807, 2.05) is 60.7 Å². The summed E-state index contributed by atoms with van der Waals surface area (Å²) in [6.07, 6.45) is 3.70. The molecule has 5 rings (SSSR count). The summed E-state index contributed by atoms with van der Waals surface area (Å²) in [4.78, 5) is 25.8. The van der Waals surface area contributed by atoms with Crippen molar-refractivity contribution in [3.05, 3.63) is 102 Å². The van der Waals surface area contributed by atoms with Crippen molar-refractivity contribution in [2.75, 3.05) is 0 Å². The summed E-state index contributed by atoms with van der Waals surface area (Å²) in [6, 6.07) is 27.9. The van der Waals surface area contributed by atoms with Gasteiger partial charge >= 0.3 is 5.97 Å². The highest BCUT2D eigenvalue weighted by Gasteiger charge is 2.22. The van der Waals surface area contributed by atoms with Crippen LogP contribution in [0.1, 0.15) is 37.6 Å². The summed E-state index contributed by atoms with van der Waals surface area (Å²) < 4.78 is 6.36. The maximum Gasteiger partial charge on any atom is 0.352 e. The Hall–Kier alpha value is -4.12. The molecule has 4 aromatic rings. The monoisotopic (exact) mass is 451 g/mol. The van der Waals surface area contributed by atoms with E-state index in [9.17, 15) is 4.79 Å². The molecule has 0 atom stereocenters. The summed E-state index contributed by atoms with van der Waals surface area (Å²) in [5.74, 6) is 1.51. The summed E-state index contributed by atoms with van der Waals surface area (Å²) in [5.41, 5.74) is 6.55. The molecule has 170 valence electrons. The van der Waals surface area contributed by atoms with Crippen LogP contribution in [0.5, 0.6) is 5.75 Å². The van der Waals surface area contributed by atoms with Crippen molar-refractivity contribution in [1.29, 1.82) is 0 Å². The third-order valence-electron chi connectivity index (χ3n) is 5.89. The molecule has 0 amide bonds. The first-order valence-corrected chi connectivity index (χ1v) is 11.4. The zero-order valence-corrected chi connectivity index (χ0v) is 19.0. The zero-order chi connectivity index (χ0) is 23.3. The van der Waals surface area contributed by atoms with E-state index in [2.05, 4.69) is 23.1 Å². The van der Waals surface area contributed by atoms with E-state index in [1.165, 1.54) is 18.1 Å². The number of carbonyl (C=O) groups is 1. The molecule has 5 heteroatoms. The first-order chi connectivity index (χ1) is 16.7. The number of carbonyl (C=O) groups excluding carboxylic acids is 1. The van der Waals surface area contributed by atoms with Crippen molar-refractivity contribution >= 4 is 11.5 Å². The fourth-order valence-corrected chi connectivity index (χ4v) is 4.39. The lowest BCUT2D eigenvalue weighted by molar-refractivity contribution is -0.210. The quantitative estimate of drug-likeness (QED) is 0.223. The summed E-state index contributed by atoms with van der Waals surface area (Å²) >= 11 is 0. The number of allylic oxidation sites excluding steroid dienone is 2. The van der Waals surface area contributed by atoms with E-state index in [0.29, 0.717) is 18.1 Å². The maximum atomic E-state index is 11.1. The number of hydrogen-bond donors (Lipinski definition) is 0. The van der Waals surface area contributed by atoms with Gasteiger partial charge in [0.25, 0.3) is 0 Å². The Kier molecular flexibility index (Phi) is 6.25. The number of aromatic nitrogens is 1. The molecule has 0 N–H and O–H groups in total. The maximum absolute atomic E-state index is 11.1. The van der Waals surface area contributed by atoms with Crippen LogP contribution >= 0.6 is 0 Å². The van der Waals surface area contributed by atoms with Gasteiger partial charge in [-0.3, -0.25) is 9.78 Å². The number of nitrogens with zero attached hydrogens (tertiary/aromatic N) is 1. The summed E-state index contributed by atoms with van der Waals surface area (Å²) in [6.45, 7) is 1.31. The Bertz CT molecular complexity index is 1270. The smallest absolute Gasteiger partial charge is 0.352 e. The predicted octanol–water partition coefficient (Wildman–Crippen LogP) is 7.05. The minimum Gasteiger partial charge on any atom is -0.440 e. The summed E-state index contributed by atoms with van der Waals surface area (Å²) in [5, 5.41) is 0. The van der Waals surface area contributed by atoms with Crippen LogP contribution in [-0.2, 0) is 16.1 Å². The molecule has 0 bridgehead atoms. The molecular weight excluding hydrogens is 426 g/mol. The van der Waals surface area contributed by atoms with Gasteiger partial charge in [0.15, 0.2) is 17.4 Å². The Morgan fingerprint density at radius 3 is 2.32 bits per heavy atom. The average molecular weight is 452 g/mol. The zero-order valence-electron chi connectivity index (χ0n) is 19.0. The fraction of sp³-hybridized carbons (Fsp3) is 0.172. The van der Waals surface area contributed by atoms with Crippen molar-refractivity contribution in [2.24, 2.45) is 0 Å². The SMILES string of the molecule is CC(=O)OOc1cccc(C2=C(Cc3nc(-c4ccccc4)c(-c4ccccc4)o3)CCC2)c1. The second kappa shape index (κ2) is 9.79. The molecule has 3 aromatic carbocycles. The Morgan fingerprint density at radius 1 is 0.882 bits per heavy atom. The Morgan fingerprint density at radius 2 is 1.59 bits per heavy atom. The first-order valence-electron chi connectivity index (χ1n) is 11.4. The number of hydrogen-bond acceptors (Lipinski definition) is 5. The second-order valence-electron chi connectivity index (χ2n) is 8.32. The van der Waals surface area contributed by atoms with E-state index >= 15 is 0 Å². The van der Waals surface area contributed by atoms with Crippen LogP contribution in [0.25, 0.3) is 28.2 Å². The van der Waals surface area contributed by atoms with Gasteiger partial charge in [0.05, 0.1) is 0 Å². The Balaban J connectivity index is 1.48. The highest BCUT2D eigenvalue weighted by Crippen LogP contribution is 2.38. The minimum atomic E-state index is -0.487. The van der Waals surface area contributed by atoms with E-state index in [1.54, 1.807) is 6.07 Å². The van der Waals surface area contributed by atoms with E-state index in [-0.39, 0.29) is 0 Å². The number of rotatable bonds is 7. The van der Waals surface area contributed by atoms with Gasteiger partial charge in [-0.1, -0.05) is 78.4 Å². The third kappa shape index (κ3) is 4.79. The molecule has 0 unspecified atom stereocenters. The van der Waals surface area contributed by atoms with Crippen molar-refractivity contribution in [3.8, 4) is 28.3 Å². The van der Waals surface area contributed by atoms with E-state index < -0.39 is 5.97 Å². The molecule has 1 aliphatic carbocycles. The van der Waals surface area contributed by atoms with Gasteiger partial charge in [-0.25, -0.2) is 9.78 Å². The van der Waals surface area contributed by atoms with E-state index in [4.69, 9.17) is 14.3 Å². The van der Waals surface area contributed by atoms with Gasteiger partial charge in [-0.05, 0) is 42.5 Å². The van der Waals surface area contributed by atoms with E-state index in [0.717, 1.165) is 47.4 Å². The van der Waals surface area contributed by atoms with Crippen molar-refractivity contribution < 1.29 is 19.0 Å². The van der Waals surface area contributed by atoms with Crippen molar-refractivity contribution in [3.63, 3.8) is 0 Å². The molecule has 0 spiro atoms. The van der Waals surface area contributed by atoms with Crippen LogP contribution in [0, 0.1) is 0 Å². The fourth-order valence-electron chi connectivity index (χ4n) is 4.39. The Labute approximate surface area is 198 Å². The van der Waals surface area contributed by atoms with Gasteiger partial charge in [-0.15, -0.1) is 0 Å². The molecule has 1 aromatic heterocycles. The largest absolute Gasteiger partial charge is 0.440 e. The average Bonchev–Trinajstić information content (AvgIpc) is 3.52. The van der Waals surface area contributed by atoms with Crippen LogP contribution < -0.4 is 4.89 Å². The number of benzene rings is 3. The third-order valence-corrected chi connectivity index (χ3v) is 5.89. The van der Waals surface area contributed by atoms with Crippen LogP contribution in [0.3, 0.4) is 0 Å². The molecule has 0 saturated carbocycles. The normalized spacial score (nSPS) is 13.2. The lowest BCUT2D eigenvalue weighted by atomic mass is 10.00. The van der Waals surface area contributed by atoms with Gasteiger partial charge in [0, 0.05) is 24.5 Å². The molecular formula is C29H25NO4. The highest BCUT2D eigenvalue weighted by atomic mass is 17.2. The van der Waals surface area contributed by atoms with Crippen LogP contribution in [0.2, 0.25) is 0 Å². The minimum absolute atomic E-state index is 0.487. The van der Waals surface area contributed by atoms with Gasteiger partial charge in [0.1, 0.15) is 5.69 Å². The van der Waals surface area contributed by atoms with Crippen LogP contribution in [-0.4, -0.2) is 11.0 Å². The molecule has 1 aliphatic rings. The van der Waals surface area contributed by atoms with Gasteiger partial charge in [0.2, 0.25) is 0 Å². The molecule has 0 radical (unpaired) electrons. The predicted molar refractivity (Wildman–Crippen MR) is 131 cm³/mol.